The Bertz CT molecular complexity index is 1040. The molecule has 9 heteroatoms. The van der Waals surface area contributed by atoms with Gasteiger partial charge in [-0.3, -0.25) is 0 Å². The minimum Gasteiger partial charge on any atom is -0.497 e. The molecule has 0 bridgehead atoms. The van der Waals surface area contributed by atoms with Gasteiger partial charge in [-0.1, -0.05) is 0 Å². The van der Waals surface area contributed by atoms with Crippen molar-refractivity contribution in [2.75, 3.05) is 26.9 Å². The fourth-order valence-corrected chi connectivity index (χ4v) is 3.62. The normalized spacial score (nSPS) is 11.1. The molecule has 158 valence electrons. The van der Waals surface area contributed by atoms with E-state index >= 15 is 0 Å². The highest BCUT2D eigenvalue weighted by molar-refractivity contribution is 7.89. The van der Waals surface area contributed by atoms with Gasteiger partial charge in [-0.05, 0) is 61.5 Å². The van der Waals surface area contributed by atoms with Crippen molar-refractivity contribution in [3.05, 3.63) is 60.7 Å². The molecule has 0 spiro atoms. The smallest absolute Gasteiger partial charge is 0.240 e. The van der Waals surface area contributed by atoms with Crippen molar-refractivity contribution < 1.29 is 22.6 Å². The zero-order valence-electron chi connectivity index (χ0n) is 16.7. The molecule has 0 saturated heterocycles. The zero-order valence-corrected chi connectivity index (χ0v) is 17.6. The highest BCUT2D eigenvalue weighted by Crippen LogP contribution is 2.21. The molecule has 8 nitrogen and oxygen atoms in total. The number of rotatable bonds is 10. The van der Waals surface area contributed by atoms with E-state index in [9.17, 15) is 8.42 Å². The Labute approximate surface area is 175 Å². The maximum atomic E-state index is 12.3. The zero-order chi connectivity index (χ0) is 21.4. The van der Waals surface area contributed by atoms with Gasteiger partial charge in [-0.25, -0.2) is 13.1 Å². The summed E-state index contributed by atoms with van der Waals surface area (Å²) >= 11 is 0. The van der Waals surface area contributed by atoms with Crippen LogP contribution in [0.4, 0.5) is 0 Å². The number of nitrogens with zero attached hydrogens (tertiary/aromatic N) is 2. The second-order valence-corrected chi connectivity index (χ2v) is 7.90. The van der Waals surface area contributed by atoms with Gasteiger partial charge < -0.3 is 14.2 Å². The minimum absolute atomic E-state index is 0.0947. The van der Waals surface area contributed by atoms with E-state index in [-0.39, 0.29) is 18.0 Å². The summed E-state index contributed by atoms with van der Waals surface area (Å²) in [6, 6.07) is 17.2. The van der Waals surface area contributed by atoms with Crippen LogP contribution in [0.1, 0.15) is 6.92 Å². The molecule has 0 aliphatic carbocycles. The Morgan fingerprint density at radius 3 is 2.17 bits per heavy atom. The van der Waals surface area contributed by atoms with Gasteiger partial charge >= 0.3 is 0 Å². The van der Waals surface area contributed by atoms with Crippen LogP contribution in [0.3, 0.4) is 0 Å². The van der Waals surface area contributed by atoms with E-state index in [1.54, 1.807) is 31.4 Å². The third-order valence-electron chi connectivity index (χ3n) is 4.11. The first kappa shape index (κ1) is 21.5. The summed E-state index contributed by atoms with van der Waals surface area (Å²) < 4.78 is 43.0. The van der Waals surface area contributed by atoms with Gasteiger partial charge in [0.25, 0.3) is 0 Å². The molecule has 1 heterocycles. The van der Waals surface area contributed by atoms with Gasteiger partial charge in [0, 0.05) is 18.2 Å². The van der Waals surface area contributed by atoms with Crippen LogP contribution in [0.2, 0.25) is 0 Å². The summed E-state index contributed by atoms with van der Waals surface area (Å²) in [7, 11) is -2.02. The Balaban J connectivity index is 1.49. The molecule has 3 rings (SSSR count). The summed E-state index contributed by atoms with van der Waals surface area (Å²) in [5.74, 6) is 1.70. The third-order valence-corrected chi connectivity index (χ3v) is 5.59. The van der Waals surface area contributed by atoms with E-state index in [0.717, 1.165) is 11.3 Å². The molecule has 2 aromatic carbocycles. The highest BCUT2D eigenvalue weighted by atomic mass is 32.2. The van der Waals surface area contributed by atoms with Crippen molar-refractivity contribution in [1.29, 1.82) is 0 Å². The van der Waals surface area contributed by atoms with E-state index in [4.69, 9.17) is 14.2 Å². The molecule has 0 saturated carbocycles. The average molecular weight is 429 g/mol. The summed E-state index contributed by atoms with van der Waals surface area (Å²) in [4.78, 5) is 0.162. The predicted molar refractivity (Wildman–Crippen MR) is 112 cm³/mol. The lowest BCUT2D eigenvalue weighted by atomic mass is 10.1. The predicted octanol–water partition coefficient (Wildman–Crippen LogP) is 2.91. The first-order valence-corrected chi connectivity index (χ1v) is 10.8. The van der Waals surface area contributed by atoms with Crippen molar-refractivity contribution in [2.24, 2.45) is 0 Å². The molecule has 30 heavy (non-hydrogen) atoms. The second kappa shape index (κ2) is 10.0. The van der Waals surface area contributed by atoms with Crippen molar-refractivity contribution in [3.63, 3.8) is 0 Å². The van der Waals surface area contributed by atoms with Crippen LogP contribution in [0, 0.1) is 0 Å². The number of hydrogen-bond donors (Lipinski definition) is 1. The summed E-state index contributed by atoms with van der Waals surface area (Å²) in [6.45, 7) is 2.60. The Kier molecular flexibility index (Phi) is 7.21. The molecular formula is C21H23N3O5S. The van der Waals surface area contributed by atoms with Crippen LogP contribution < -0.4 is 18.9 Å². The Morgan fingerprint density at radius 2 is 1.57 bits per heavy atom. The van der Waals surface area contributed by atoms with Crippen LogP contribution in [0.15, 0.2) is 65.6 Å². The summed E-state index contributed by atoms with van der Waals surface area (Å²) in [5, 5.41) is 8.16. The Morgan fingerprint density at radius 1 is 0.867 bits per heavy atom. The van der Waals surface area contributed by atoms with Crippen LogP contribution in [-0.2, 0) is 10.0 Å². The Hall–Kier alpha value is -3.17. The average Bonchev–Trinajstić information content (AvgIpc) is 2.78. The molecule has 0 aliphatic heterocycles. The standard InChI is InChI=1S/C21H23N3O5S/c1-3-28-18-8-10-19(11-9-18)30(25,26)22-14-15-29-21-13-12-20(23-24-21)16-4-6-17(27-2)7-5-16/h4-13,22H,3,14-15H2,1-2H3. The fourth-order valence-electron chi connectivity index (χ4n) is 2.61. The van der Waals surface area contributed by atoms with Crippen molar-refractivity contribution in [2.45, 2.75) is 11.8 Å². The molecule has 1 aromatic heterocycles. The molecule has 0 aliphatic rings. The van der Waals surface area contributed by atoms with Gasteiger partial charge in [0.05, 0.1) is 24.3 Å². The molecular weight excluding hydrogens is 406 g/mol. The number of aromatic nitrogens is 2. The van der Waals surface area contributed by atoms with E-state index < -0.39 is 10.0 Å². The maximum Gasteiger partial charge on any atom is 0.240 e. The lowest BCUT2D eigenvalue weighted by Gasteiger charge is -2.09. The molecule has 0 unspecified atom stereocenters. The molecule has 0 atom stereocenters. The van der Waals surface area contributed by atoms with E-state index in [1.165, 1.54) is 12.1 Å². The number of ether oxygens (including phenoxy) is 3. The summed E-state index contributed by atoms with van der Waals surface area (Å²) in [5.41, 5.74) is 1.60. The largest absolute Gasteiger partial charge is 0.497 e. The van der Waals surface area contributed by atoms with Gasteiger partial charge in [-0.15, -0.1) is 10.2 Å². The van der Waals surface area contributed by atoms with Crippen LogP contribution in [-0.4, -0.2) is 45.5 Å². The SMILES string of the molecule is CCOc1ccc(S(=O)(=O)NCCOc2ccc(-c3ccc(OC)cc3)nn2)cc1. The van der Waals surface area contributed by atoms with Crippen LogP contribution in [0.5, 0.6) is 17.4 Å². The van der Waals surface area contributed by atoms with E-state index in [1.807, 2.05) is 31.2 Å². The van der Waals surface area contributed by atoms with Gasteiger partial charge in [-0.2, -0.15) is 0 Å². The summed E-state index contributed by atoms with van der Waals surface area (Å²) in [6.07, 6.45) is 0. The number of methoxy groups -OCH3 is 1. The van der Waals surface area contributed by atoms with Gasteiger partial charge in [0.15, 0.2) is 0 Å². The van der Waals surface area contributed by atoms with Crippen molar-refractivity contribution >= 4 is 10.0 Å². The molecule has 3 aromatic rings. The van der Waals surface area contributed by atoms with E-state index in [0.29, 0.717) is 23.9 Å². The van der Waals surface area contributed by atoms with Crippen molar-refractivity contribution in [1.82, 2.24) is 14.9 Å². The fraction of sp³-hybridized carbons (Fsp3) is 0.238. The molecule has 0 amide bonds. The van der Waals surface area contributed by atoms with E-state index in [2.05, 4.69) is 14.9 Å². The first-order chi connectivity index (χ1) is 14.5. The first-order valence-electron chi connectivity index (χ1n) is 9.35. The van der Waals surface area contributed by atoms with Gasteiger partial charge in [0.1, 0.15) is 18.1 Å². The number of benzene rings is 2. The van der Waals surface area contributed by atoms with Crippen molar-refractivity contribution in [3.8, 4) is 28.6 Å². The molecule has 1 N–H and O–H groups in total. The maximum absolute atomic E-state index is 12.3. The lowest BCUT2D eigenvalue weighted by molar-refractivity contribution is 0.307. The number of sulfonamides is 1. The van der Waals surface area contributed by atoms with Crippen LogP contribution in [0.25, 0.3) is 11.3 Å². The molecule has 0 radical (unpaired) electrons. The third kappa shape index (κ3) is 5.68. The van der Waals surface area contributed by atoms with Gasteiger partial charge in [0.2, 0.25) is 15.9 Å². The monoisotopic (exact) mass is 429 g/mol. The molecule has 0 fully saturated rings. The van der Waals surface area contributed by atoms with Crippen LogP contribution >= 0.6 is 0 Å². The quantitative estimate of drug-likeness (QED) is 0.495. The minimum atomic E-state index is -3.63. The lowest BCUT2D eigenvalue weighted by Crippen LogP contribution is -2.28. The number of nitrogens with one attached hydrogen (secondary N) is 1. The number of hydrogen-bond acceptors (Lipinski definition) is 7. The highest BCUT2D eigenvalue weighted by Gasteiger charge is 2.13. The topological polar surface area (TPSA) is 99.6 Å². The second-order valence-electron chi connectivity index (χ2n) is 6.14.